The van der Waals surface area contributed by atoms with Crippen molar-refractivity contribution in [2.45, 2.75) is 19.1 Å². The van der Waals surface area contributed by atoms with Gasteiger partial charge in [0.2, 0.25) is 0 Å². The topological polar surface area (TPSA) is 56.0 Å². The van der Waals surface area contributed by atoms with E-state index in [-0.39, 0.29) is 18.2 Å². The Hall–Kier alpha value is -2.29. The molecule has 2 unspecified atom stereocenters. The Labute approximate surface area is 127 Å². The number of benzene rings is 2. The van der Waals surface area contributed by atoms with Gasteiger partial charge in [0, 0.05) is 12.6 Å². The zero-order valence-corrected chi connectivity index (χ0v) is 12.1. The van der Waals surface area contributed by atoms with Crippen molar-refractivity contribution < 1.29 is 13.9 Å². The Kier molecular flexibility index (Phi) is 5.21. The van der Waals surface area contributed by atoms with E-state index in [1.165, 1.54) is 6.07 Å². The molecule has 0 aliphatic rings. The molecule has 5 heteroatoms. The number of aliphatic hydroxyl groups is 1. The lowest BCUT2D eigenvalue weighted by Gasteiger charge is -2.18. The third-order valence-corrected chi connectivity index (χ3v) is 3.47. The summed E-state index contributed by atoms with van der Waals surface area (Å²) in [5.41, 5.74) is 1.06. The van der Waals surface area contributed by atoms with E-state index in [0.717, 1.165) is 17.7 Å². The summed E-state index contributed by atoms with van der Waals surface area (Å²) in [5.74, 6) is -1.54. The Morgan fingerprint density at radius 2 is 1.82 bits per heavy atom. The molecule has 0 aromatic heterocycles. The van der Waals surface area contributed by atoms with Crippen molar-refractivity contribution in [2.24, 2.45) is 0 Å². The van der Waals surface area contributed by atoms with E-state index in [4.69, 9.17) is 5.26 Å². The molecular formula is C17H16F2N2O. The van der Waals surface area contributed by atoms with E-state index in [1.807, 2.05) is 13.0 Å². The summed E-state index contributed by atoms with van der Waals surface area (Å²) in [5, 5.41) is 21.9. The highest BCUT2D eigenvalue weighted by atomic mass is 19.1. The molecule has 2 aromatic carbocycles. The van der Waals surface area contributed by atoms with E-state index in [9.17, 15) is 13.9 Å². The van der Waals surface area contributed by atoms with Crippen molar-refractivity contribution in [1.29, 1.82) is 5.26 Å². The summed E-state index contributed by atoms with van der Waals surface area (Å²) in [4.78, 5) is 0. The van der Waals surface area contributed by atoms with Gasteiger partial charge in [0.15, 0.2) is 0 Å². The van der Waals surface area contributed by atoms with E-state index in [0.29, 0.717) is 5.56 Å². The monoisotopic (exact) mass is 302 g/mol. The van der Waals surface area contributed by atoms with Gasteiger partial charge in [0.05, 0.1) is 23.3 Å². The minimum absolute atomic E-state index is 0.00417. The van der Waals surface area contributed by atoms with Gasteiger partial charge in [-0.05, 0) is 36.8 Å². The van der Waals surface area contributed by atoms with E-state index in [1.54, 1.807) is 18.2 Å². The van der Waals surface area contributed by atoms with Crippen LogP contribution < -0.4 is 5.32 Å². The van der Waals surface area contributed by atoms with Gasteiger partial charge in [-0.15, -0.1) is 0 Å². The van der Waals surface area contributed by atoms with E-state index in [2.05, 4.69) is 11.4 Å². The largest absolute Gasteiger partial charge is 0.387 e. The highest BCUT2D eigenvalue weighted by molar-refractivity contribution is 5.34. The van der Waals surface area contributed by atoms with Gasteiger partial charge in [-0.1, -0.05) is 18.2 Å². The van der Waals surface area contributed by atoms with Gasteiger partial charge < -0.3 is 10.4 Å². The highest BCUT2D eigenvalue weighted by Crippen LogP contribution is 2.21. The number of hydrogen-bond acceptors (Lipinski definition) is 3. The number of rotatable bonds is 5. The van der Waals surface area contributed by atoms with Crippen LogP contribution in [0, 0.1) is 23.0 Å². The molecule has 0 saturated heterocycles. The molecule has 0 spiro atoms. The highest BCUT2D eigenvalue weighted by Gasteiger charge is 2.18. The van der Waals surface area contributed by atoms with Crippen LogP contribution in [-0.4, -0.2) is 11.7 Å². The predicted octanol–water partition coefficient (Wildman–Crippen LogP) is 3.22. The molecule has 2 aromatic rings. The van der Waals surface area contributed by atoms with Gasteiger partial charge in [-0.3, -0.25) is 0 Å². The Bertz CT molecular complexity index is 677. The normalized spacial score (nSPS) is 13.4. The maximum absolute atomic E-state index is 13.6. The number of hydrogen-bond donors (Lipinski definition) is 2. The van der Waals surface area contributed by atoms with Gasteiger partial charge in [-0.2, -0.15) is 5.26 Å². The molecular weight excluding hydrogens is 286 g/mol. The Balaban J connectivity index is 2.04. The van der Waals surface area contributed by atoms with E-state index < -0.39 is 17.7 Å². The molecule has 0 aliphatic carbocycles. The number of nitriles is 1. The first-order valence-electron chi connectivity index (χ1n) is 6.88. The summed E-state index contributed by atoms with van der Waals surface area (Å²) >= 11 is 0. The fourth-order valence-electron chi connectivity index (χ4n) is 2.21. The fraction of sp³-hybridized carbons (Fsp3) is 0.235. The minimum atomic E-state index is -1.29. The molecule has 0 heterocycles. The minimum Gasteiger partial charge on any atom is -0.387 e. The van der Waals surface area contributed by atoms with Crippen LogP contribution in [0.1, 0.15) is 35.8 Å². The molecule has 0 bridgehead atoms. The van der Waals surface area contributed by atoms with Crippen molar-refractivity contribution in [1.82, 2.24) is 5.32 Å². The smallest absolute Gasteiger partial charge is 0.131 e. The number of nitrogens with one attached hydrogen (secondary N) is 1. The molecule has 3 nitrogen and oxygen atoms in total. The van der Waals surface area contributed by atoms with Crippen molar-refractivity contribution in [3.63, 3.8) is 0 Å². The second kappa shape index (κ2) is 7.12. The molecule has 2 atom stereocenters. The molecule has 114 valence electrons. The Morgan fingerprint density at radius 3 is 2.45 bits per heavy atom. The van der Waals surface area contributed by atoms with Crippen molar-refractivity contribution in [2.75, 3.05) is 6.54 Å². The van der Waals surface area contributed by atoms with Gasteiger partial charge in [0.25, 0.3) is 0 Å². The first kappa shape index (κ1) is 16.1. The van der Waals surface area contributed by atoms with Crippen LogP contribution in [-0.2, 0) is 0 Å². The standard InChI is InChI=1S/C17H16F2N2O/c1-11(13-5-2-4-12(8-13)9-20)21-10-16(22)17-14(18)6-3-7-15(17)19/h2-8,11,16,21-22H,10H2,1H3. The zero-order chi connectivity index (χ0) is 16.1. The van der Waals surface area contributed by atoms with Crippen LogP contribution in [0.2, 0.25) is 0 Å². The number of aliphatic hydroxyl groups excluding tert-OH is 1. The summed E-state index contributed by atoms with van der Waals surface area (Å²) < 4.78 is 27.2. The van der Waals surface area contributed by atoms with Crippen LogP contribution in [0.15, 0.2) is 42.5 Å². The lowest BCUT2D eigenvalue weighted by Crippen LogP contribution is -2.25. The first-order chi connectivity index (χ1) is 10.5. The summed E-state index contributed by atoms with van der Waals surface area (Å²) in [7, 11) is 0. The maximum atomic E-state index is 13.6. The lowest BCUT2D eigenvalue weighted by atomic mass is 10.0. The second-order valence-corrected chi connectivity index (χ2v) is 5.02. The molecule has 2 N–H and O–H groups in total. The summed E-state index contributed by atoms with van der Waals surface area (Å²) in [6, 6.07) is 12.4. The average Bonchev–Trinajstić information content (AvgIpc) is 2.52. The fourth-order valence-corrected chi connectivity index (χ4v) is 2.21. The maximum Gasteiger partial charge on any atom is 0.131 e. The van der Waals surface area contributed by atoms with Crippen molar-refractivity contribution >= 4 is 0 Å². The van der Waals surface area contributed by atoms with Crippen LogP contribution in [0.3, 0.4) is 0 Å². The van der Waals surface area contributed by atoms with Gasteiger partial charge in [0.1, 0.15) is 11.6 Å². The third-order valence-electron chi connectivity index (χ3n) is 3.47. The molecule has 0 radical (unpaired) electrons. The Morgan fingerprint density at radius 1 is 1.18 bits per heavy atom. The van der Waals surface area contributed by atoms with Crippen LogP contribution in [0.25, 0.3) is 0 Å². The molecule has 0 amide bonds. The van der Waals surface area contributed by atoms with Crippen LogP contribution >= 0.6 is 0 Å². The molecule has 22 heavy (non-hydrogen) atoms. The third kappa shape index (κ3) is 3.67. The first-order valence-corrected chi connectivity index (χ1v) is 6.88. The quantitative estimate of drug-likeness (QED) is 0.891. The van der Waals surface area contributed by atoms with Crippen LogP contribution in [0.5, 0.6) is 0 Å². The van der Waals surface area contributed by atoms with Crippen molar-refractivity contribution in [3.8, 4) is 6.07 Å². The zero-order valence-electron chi connectivity index (χ0n) is 12.1. The second-order valence-electron chi connectivity index (χ2n) is 5.02. The SMILES string of the molecule is CC(NCC(O)c1c(F)cccc1F)c1cccc(C#N)c1. The summed E-state index contributed by atoms with van der Waals surface area (Å²) in [6.45, 7) is 1.84. The number of nitrogens with zero attached hydrogens (tertiary/aromatic N) is 1. The number of halogens is 2. The van der Waals surface area contributed by atoms with Gasteiger partial charge >= 0.3 is 0 Å². The van der Waals surface area contributed by atoms with E-state index >= 15 is 0 Å². The predicted molar refractivity (Wildman–Crippen MR) is 78.9 cm³/mol. The molecule has 0 fully saturated rings. The van der Waals surface area contributed by atoms with Crippen molar-refractivity contribution in [3.05, 3.63) is 70.8 Å². The van der Waals surface area contributed by atoms with Crippen LogP contribution in [0.4, 0.5) is 8.78 Å². The average molecular weight is 302 g/mol. The molecule has 2 rings (SSSR count). The molecule has 0 aliphatic heterocycles. The molecule has 0 saturated carbocycles. The lowest BCUT2D eigenvalue weighted by molar-refractivity contribution is 0.161. The summed E-state index contributed by atoms with van der Waals surface area (Å²) in [6.07, 6.45) is -1.29. The van der Waals surface area contributed by atoms with Gasteiger partial charge in [-0.25, -0.2) is 8.78 Å².